The van der Waals surface area contributed by atoms with E-state index in [0.717, 1.165) is 31.6 Å². The summed E-state index contributed by atoms with van der Waals surface area (Å²) in [5.74, 6) is -0.0673. The normalized spacial score (nSPS) is 18.3. The summed E-state index contributed by atoms with van der Waals surface area (Å²) < 4.78 is 38.3. The van der Waals surface area contributed by atoms with Crippen LogP contribution in [-0.2, 0) is 12.7 Å². The van der Waals surface area contributed by atoms with Crippen molar-refractivity contribution in [3.05, 3.63) is 57.9 Å². The van der Waals surface area contributed by atoms with Crippen molar-refractivity contribution in [1.82, 2.24) is 14.9 Å². The number of nitrogens with zero attached hydrogens (tertiary/aromatic N) is 4. The third-order valence-corrected chi connectivity index (χ3v) is 4.37. The zero-order valence-corrected chi connectivity index (χ0v) is 14.3. The van der Waals surface area contributed by atoms with Gasteiger partial charge >= 0.3 is 6.18 Å². The molecule has 1 fully saturated rings. The zero-order chi connectivity index (χ0) is 19.4. The first-order chi connectivity index (χ1) is 12.8. The molecule has 0 bridgehead atoms. The fourth-order valence-electron chi connectivity index (χ4n) is 3.15. The first kappa shape index (κ1) is 19.0. The van der Waals surface area contributed by atoms with Crippen molar-refractivity contribution in [3.63, 3.8) is 0 Å². The number of nitro benzene ring substituents is 1. The van der Waals surface area contributed by atoms with Crippen LogP contribution in [0.25, 0.3) is 0 Å². The number of rotatable bonds is 5. The van der Waals surface area contributed by atoms with Crippen LogP contribution in [0.2, 0.25) is 0 Å². The number of anilines is 1. The molecule has 27 heavy (non-hydrogen) atoms. The van der Waals surface area contributed by atoms with Crippen molar-refractivity contribution in [1.29, 1.82) is 0 Å². The minimum Gasteiger partial charge on any atom is -0.350 e. The first-order valence-electron chi connectivity index (χ1n) is 8.44. The molecule has 1 saturated heterocycles. The molecular formula is C17H18F3N5O2. The Morgan fingerprint density at radius 2 is 2.07 bits per heavy atom. The molecule has 1 aromatic heterocycles. The van der Waals surface area contributed by atoms with Gasteiger partial charge < -0.3 is 5.32 Å². The van der Waals surface area contributed by atoms with Crippen molar-refractivity contribution in [2.75, 3.05) is 18.4 Å². The number of hydrogen-bond donors (Lipinski definition) is 1. The molecule has 0 spiro atoms. The van der Waals surface area contributed by atoms with Crippen LogP contribution in [0.5, 0.6) is 0 Å². The summed E-state index contributed by atoms with van der Waals surface area (Å²) >= 11 is 0. The van der Waals surface area contributed by atoms with Crippen LogP contribution >= 0.6 is 0 Å². The molecule has 1 atom stereocenters. The number of benzene rings is 1. The highest BCUT2D eigenvalue weighted by molar-refractivity contribution is 5.39. The van der Waals surface area contributed by atoms with Gasteiger partial charge in [0.25, 0.3) is 5.69 Å². The lowest BCUT2D eigenvalue weighted by molar-refractivity contribution is -0.385. The van der Waals surface area contributed by atoms with Crippen molar-refractivity contribution < 1.29 is 18.1 Å². The molecule has 7 nitrogen and oxygen atoms in total. The van der Waals surface area contributed by atoms with Crippen LogP contribution in [0.1, 0.15) is 24.1 Å². The summed E-state index contributed by atoms with van der Waals surface area (Å²) in [7, 11) is 0. The number of nitro groups is 1. The van der Waals surface area contributed by atoms with Gasteiger partial charge in [-0.25, -0.2) is 9.97 Å². The molecule has 3 rings (SSSR count). The Labute approximate surface area is 153 Å². The Morgan fingerprint density at radius 3 is 2.81 bits per heavy atom. The third-order valence-electron chi connectivity index (χ3n) is 4.37. The smallest absolute Gasteiger partial charge is 0.350 e. The Bertz CT molecular complexity index is 815. The molecule has 2 aromatic rings. The summed E-state index contributed by atoms with van der Waals surface area (Å²) in [4.78, 5) is 20.2. The number of alkyl halides is 3. The van der Waals surface area contributed by atoms with Crippen molar-refractivity contribution >= 4 is 11.6 Å². The fraction of sp³-hybridized carbons (Fsp3) is 0.412. The van der Waals surface area contributed by atoms with Crippen LogP contribution in [-0.4, -0.2) is 38.9 Å². The van der Waals surface area contributed by atoms with Gasteiger partial charge in [-0.15, -0.1) is 0 Å². The summed E-state index contributed by atoms with van der Waals surface area (Å²) in [6.07, 6.45) is -1.87. The lowest BCUT2D eigenvalue weighted by atomic mass is 10.0. The maximum absolute atomic E-state index is 12.8. The summed E-state index contributed by atoms with van der Waals surface area (Å²) in [5.41, 5.74) is -0.320. The molecule has 0 radical (unpaired) electrons. The maximum Gasteiger partial charge on any atom is 0.433 e. The Hall–Kier alpha value is -2.75. The van der Waals surface area contributed by atoms with E-state index in [1.807, 2.05) is 4.90 Å². The summed E-state index contributed by atoms with van der Waals surface area (Å²) in [6, 6.07) is 7.24. The van der Waals surface area contributed by atoms with Gasteiger partial charge in [-0.1, -0.05) is 18.2 Å². The van der Waals surface area contributed by atoms with Crippen LogP contribution < -0.4 is 5.32 Å². The standard InChI is InChI=1S/C17H18F3N5O2/c18-17(19,20)15-7-8-21-16(23-15)22-13-5-3-9-24(11-13)10-12-4-1-2-6-14(12)25(26)27/h1-2,4,6-8,13H,3,5,9-11H2,(H,21,22,23). The molecule has 1 aliphatic rings. The van der Waals surface area contributed by atoms with E-state index in [4.69, 9.17) is 0 Å². The van der Waals surface area contributed by atoms with Crippen molar-refractivity contribution in [3.8, 4) is 0 Å². The van der Waals surface area contributed by atoms with Crippen LogP contribution in [0.4, 0.5) is 24.8 Å². The highest BCUT2D eigenvalue weighted by Crippen LogP contribution is 2.28. The topological polar surface area (TPSA) is 84.2 Å². The summed E-state index contributed by atoms with van der Waals surface area (Å²) in [5, 5.41) is 14.1. The van der Waals surface area contributed by atoms with E-state index in [1.54, 1.807) is 18.2 Å². The average molecular weight is 381 g/mol. The average Bonchev–Trinajstić information content (AvgIpc) is 2.62. The molecule has 1 aromatic carbocycles. The zero-order valence-electron chi connectivity index (χ0n) is 14.3. The summed E-state index contributed by atoms with van der Waals surface area (Å²) in [6.45, 7) is 1.69. The number of halogens is 3. The minimum absolute atomic E-state index is 0.0637. The molecule has 0 saturated carbocycles. The molecule has 1 unspecified atom stereocenters. The van der Waals surface area contributed by atoms with Gasteiger partial charge in [0.1, 0.15) is 5.69 Å². The Balaban J connectivity index is 1.66. The molecular weight excluding hydrogens is 363 g/mol. The number of likely N-dealkylation sites (tertiary alicyclic amines) is 1. The number of aromatic nitrogens is 2. The molecule has 1 aliphatic heterocycles. The Kier molecular flexibility index (Phi) is 5.54. The monoisotopic (exact) mass is 381 g/mol. The van der Waals surface area contributed by atoms with Gasteiger partial charge in [0.15, 0.2) is 0 Å². The van der Waals surface area contributed by atoms with Gasteiger partial charge in [0.05, 0.1) is 4.92 Å². The van der Waals surface area contributed by atoms with E-state index >= 15 is 0 Å². The molecule has 2 heterocycles. The highest BCUT2D eigenvalue weighted by atomic mass is 19.4. The predicted molar refractivity (Wildman–Crippen MR) is 92.1 cm³/mol. The van der Waals surface area contributed by atoms with Crippen LogP contribution in [0.15, 0.2) is 36.5 Å². The van der Waals surface area contributed by atoms with Gasteiger partial charge in [0.2, 0.25) is 5.95 Å². The molecule has 0 amide bonds. The molecule has 144 valence electrons. The first-order valence-corrected chi connectivity index (χ1v) is 8.44. The van der Waals surface area contributed by atoms with Gasteiger partial charge in [-0.05, 0) is 25.5 Å². The van der Waals surface area contributed by atoms with Gasteiger partial charge in [-0.3, -0.25) is 15.0 Å². The second-order valence-corrected chi connectivity index (χ2v) is 6.37. The van der Waals surface area contributed by atoms with Crippen molar-refractivity contribution in [2.45, 2.75) is 31.6 Å². The second-order valence-electron chi connectivity index (χ2n) is 6.37. The van der Waals surface area contributed by atoms with E-state index in [2.05, 4.69) is 15.3 Å². The quantitative estimate of drug-likeness (QED) is 0.631. The lowest BCUT2D eigenvalue weighted by Gasteiger charge is -2.33. The molecule has 10 heteroatoms. The van der Waals surface area contributed by atoms with Crippen LogP contribution in [0.3, 0.4) is 0 Å². The lowest BCUT2D eigenvalue weighted by Crippen LogP contribution is -2.42. The van der Waals surface area contributed by atoms with E-state index in [0.29, 0.717) is 18.7 Å². The number of para-hydroxylation sites is 1. The predicted octanol–water partition coefficient (Wildman–Crippen LogP) is 3.48. The van der Waals surface area contributed by atoms with E-state index in [1.165, 1.54) is 6.07 Å². The van der Waals surface area contributed by atoms with E-state index in [9.17, 15) is 23.3 Å². The number of nitrogens with one attached hydrogen (secondary N) is 1. The SMILES string of the molecule is O=[N+]([O-])c1ccccc1CN1CCCC(Nc2nccc(C(F)(F)F)n2)C1. The minimum atomic E-state index is -4.52. The number of hydrogen-bond acceptors (Lipinski definition) is 6. The second kappa shape index (κ2) is 7.87. The largest absolute Gasteiger partial charge is 0.433 e. The van der Waals surface area contributed by atoms with E-state index < -0.39 is 16.8 Å². The third kappa shape index (κ3) is 4.91. The fourth-order valence-corrected chi connectivity index (χ4v) is 3.15. The molecule has 0 aliphatic carbocycles. The van der Waals surface area contributed by atoms with Gasteiger partial charge in [-0.2, -0.15) is 13.2 Å². The van der Waals surface area contributed by atoms with Crippen LogP contribution in [0, 0.1) is 10.1 Å². The van der Waals surface area contributed by atoms with Crippen molar-refractivity contribution in [2.24, 2.45) is 0 Å². The highest BCUT2D eigenvalue weighted by Gasteiger charge is 2.33. The van der Waals surface area contributed by atoms with E-state index in [-0.39, 0.29) is 17.7 Å². The Morgan fingerprint density at radius 1 is 1.30 bits per heavy atom. The van der Waals surface area contributed by atoms with Gasteiger partial charge in [0, 0.05) is 37.0 Å². The molecule has 1 N–H and O–H groups in total. The number of piperidine rings is 1. The maximum atomic E-state index is 12.8.